The fourth-order valence-electron chi connectivity index (χ4n) is 2.89. The molecule has 2 nitrogen and oxygen atoms in total. The Labute approximate surface area is 165 Å². The fraction of sp³-hybridized carbons (Fsp3) is 0.190. The van der Waals surface area contributed by atoms with Crippen molar-refractivity contribution in [3.05, 3.63) is 79.7 Å². The number of likely N-dealkylation sites (N-methyl/N-ethyl adjacent to an activating group) is 1. The first-order valence-electron chi connectivity index (χ1n) is 8.25. The highest BCUT2D eigenvalue weighted by molar-refractivity contribution is 9.10. The number of halogens is 2. The van der Waals surface area contributed by atoms with E-state index in [0.29, 0.717) is 13.1 Å². The van der Waals surface area contributed by atoms with Crippen LogP contribution in [0, 0.1) is 0 Å². The number of likely N-dealkylation sites (tertiary alicyclic amines) is 1. The molecule has 2 aromatic rings. The van der Waals surface area contributed by atoms with Gasteiger partial charge in [-0.1, -0.05) is 75.2 Å². The lowest BCUT2D eigenvalue weighted by Crippen LogP contribution is -2.37. The van der Waals surface area contributed by atoms with Crippen LogP contribution in [0.4, 0.5) is 0 Å². The van der Waals surface area contributed by atoms with Gasteiger partial charge in [0.2, 0.25) is 0 Å². The first kappa shape index (κ1) is 18.3. The lowest BCUT2D eigenvalue weighted by atomic mass is 9.94. The number of hydrogen-bond donors (Lipinski definition) is 0. The van der Waals surface area contributed by atoms with Gasteiger partial charge in [0.1, 0.15) is 0 Å². The Balaban J connectivity index is 2.00. The zero-order chi connectivity index (χ0) is 17.8. The predicted octanol–water partition coefficient (Wildman–Crippen LogP) is 5.58. The summed E-state index contributed by atoms with van der Waals surface area (Å²) >= 11 is 7.13. The number of rotatable bonds is 3. The topological polar surface area (TPSA) is 20.3 Å². The van der Waals surface area contributed by atoms with E-state index in [4.69, 9.17) is 0 Å². The van der Waals surface area contributed by atoms with Crippen molar-refractivity contribution in [1.82, 2.24) is 4.90 Å². The van der Waals surface area contributed by atoms with Crippen LogP contribution in [0.3, 0.4) is 0 Å². The summed E-state index contributed by atoms with van der Waals surface area (Å²) in [5.41, 5.74) is 3.73. The van der Waals surface area contributed by atoms with Gasteiger partial charge in [-0.2, -0.15) is 0 Å². The zero-order valence-corrected chi connectivity index (χ0v) is 17.2. The Bertz CT molecular complexity index is 787. The number of hydrogen-bond acceptors (Lipinski definition) is 2. The number of nitrogens with zero attached hydrogens (tertiary/aromatic N) is 1. The summed E-state index contributed by atoms with van der Waals surface area (Å²) in [4.78, 5) is 15.3. The molecule has 25 heavy (non-hydrogen) atoms. The van der Waals surface area contributed by atoms with Crippen molar-refractivity contribution in [1.29, 1.82) is 0 Å². The van der Waals surface area contributed by atoms with E-state index in [0.717, 1.165) is 37.8 Å². The molecule has 1 saturated heterocycles. The van der Waals surface area contributed by atoms with Crippen molar-refractivity contribution in [2.45, 2.75) is 6.92 Å². The minimum Gasteiger partial charge on any atom is -0.295 e. The molecule has 0 radical (unpaired) electrons. The number of benzene rings is 2. The maximum absolute atomic E-state index is 13.0. The highest BCUT2D eigenvalue weighted by Gasteiger charge is 2.25. The lowest BCUT2D eigenvalue weighted by Gasteiger charge is -2.28. The number of Topliss-reactive ketones (excluding diaryl/α,β-unsaturated/α-hetero) is 1. The van der Waals surface area contributed by atoms with E-state index < -0.39 is 0 Å². The van der Waals surface area contributed by atoms with Crippen molar-refractivity contribution < 1.29 is 4.79 Å². The predicted molar refractivity (Wildman–Crippen MR) is 111 cm³/mol. The molecule has 1 aliphatic heterocycles. The SMILES string of the molecule is CCN1C/C(=C/c2ccccc2Br)C(=O)/C(=C/c2ccccc2Br)C1. The number of ketones is 1. The molecular formula is C21H19Br2NO. The van der Waals surface area contributed by atoms with E-state index in [-0.39, 0.29) is 5.78 Å². The van der Waals surface area contributed by atoms with E-state index in [1.807, 2.05) is 60.7 Å². The normalized spacial score (nSPS) is 18.9. The summed E-state index contributed by atoms with van der Waals surface area (Å²) in [6, 6.07) is 16.0. The third-order valence-corrected chi connectivity index (χ3v) is 5.73. The highest BCUT2D eigenvalue weighted by atomic mass is 79.9. The Morgan fingerprint density at radius 2 is 1.32 bits per heavy atom. The van der Waals surface area contributed by atoms with Crippen molar-refractivity contribution in [2.24, 2.45) is 0 Å². The van der Waals surface area contributed by atoms with Gasteiger partial charge in [0.25, 0.3) is 0 Å². The van der Waals surface area contributed by atoms with E-state index in [9.17, 15) is 4.79 Å². The van der Waals surface area contributed by atoms with Crippen molar-refractivity contribution in [3.8, 4) is 0 Å². The number of piperidine rings is 1. The van der Waals surface area contributed by atoms with Crippen LogP contribution in [0.5, 0.6) is 0 Å². The molecule has 0 saturated carbocycles. The summed E-state index contributed by atoms with van der Waals surface area (Å²) < 4.78 is 2.00. The molecule has 0 amide bonds. The molecule has 0 aromatic heterocycles. The molecular weight excluding hydrogens is 442 g/mol. The lowest BCUT2D eigenvalue weighted by molar-refractivity contribution is -0.113. The highest BCUT2D eigenvalue weighted by Crippen LogP contribution is 2.26. The Kier molecular flexibility index (Phi) is 6.05. The van der Waals surface area contributed by atoms with Gasteiger partial charge in [0.15, 0.2) is 5.78 Å². The molecule has 1 heterocycles. The molecule has 0 unspecified atom stereocenters. The van der Waals surface area contributed by atoms with E-state index in [1.165, 1.54) is 0 Å². The third kappa shape index (κ3) is 4.38. The monoisotopic (exact) mass is 459 g/mol. The molecule has 2 aromatic carbocycles. The molecule has 4 heteroatoms. The second-order valence-corrected chi connectivity index (χ2v) is 7.72. The molecule has 128 valence electrons. The number of carbonyl (C=O) groups is 1. The van der Waals surface area contributed by atoms with Gasteiger partial charge in [-0.25, -0.2) is 0 Å². The fourth-order valence-corrected chi connectivity index (χ4v) is 3.69. The van der Waals surface area contributed by atoms with Crippen molar-refractivity contribution in [2.75, 3.05) is 19.6 Å². The first-order valence-corrected chi connectivity index (χ1v) is 9.84. The molecule has 0 N–H and O–H groups in total. The van der Waals surface area contributed by atoms with Gasteiger partial charge in [-0.15, -0.1) is 0 Å². The molecule has 0 bridgehead atoms. The Morgan fingerprint density at radius 3 is 1.72 bits per heavy atom. The largest absolute Gasteiger partial charge is 0.295 e. The van der Waals surface area contributed by atoms with Gasteiger partial charge in [0.05, 0.1) is 0 Å². The van der Waals surface area contributed by atoms with Gasteiger partial charge < -0.3 is 0 Å². The maximum atomic E-state index is 13.0. The Hall–Kier alpha value is -1.49. The van der Waals surface area contributed by atoms with Gasteiger partial charge >= 0.3 is 0 Å². The maximum Gasteiger partial charge on any atom is 0.187 e. The average Bonchev–Trinajstić information content (AvgIpc) is 2.62. The quantitative estimate of drug-likeness (QED) is 0.557. The molecule has 1 aliphatic rings. The average molecular weight is 461 g/mol. The van der Waals surface area contributed by atoms with Gasteiger partial charge in [-0.05, 0) is 42.0 Å². The zero-order valence-electron chi connectivity index (χ0n) is 14.0. The van der Waals surface area contributed by atoms with Crippen LogP contribution in [0.1, 0.15) is 18.1 Å². The summed E-state index contributed by atoms with van der Waals surface area (Å²) in [7, 11) is 0. The third-order valence-electron chi connectivity index (χ3n) is 4.29. The summed E-state index contributed by atoms with van der Waals surface area (Å²) in [6.45, 7) is 4.41. The van der Waals surface area contributed by atoms with Crippen molar-refractivity contribution in [3.63, 3.8) is 0 Å². The van der Waals surface area contributed by atoms with E-state index in [1.54, 1.807) is 0 Å². The minimum atomic E-state index is 0.135. The number of carbonyl (C=O) groups excluding carboxylic acids is 1. The van der Waals surface area contributed by atoms with Crippen LogP contribution in [-0.2, 0) is 4.79 Å². The minimum absolute atomic E-state index is 0.135. The van der Waals surface area contributed by atoms with Gasteiger partial charge in [-0.3, -0.25) is 9.69 Å². The molecule has 3 rings (SSSR count). The smallest absolute Gasteiger partial charge is 0.187 e. The molecule has 0 atom stereocenters. The van der Waals surface area contributed by atoms with Crippen LogP contribution in [0.15, 0.2) is 68.6 Å². The van der Waals surface area contributed by atoms with Crippen LogP contribution in [0.25, 0.3) is 12.2 Å². The molecule has 1 fully saturated rings. The molecule has 0 spiro atoms. The van der Waals surface area contributed by atoms with E-state index >= 15 is 0 Å². The Morgan fingerprint density at radius 1 is 0.880 bits per heavy atom. The van der Waals surface area contributed by atoms with E-state index in [2.05, 4.69) is 43.7 Å². The second-order valence-electron chi connectivity index (χ2n) is 6.01. The summed E-state index contributed by atoms with van der Waals surface area (Å²) in [6.07, 6.45) is 4.00. The van der Waals surface area contributed by atoms with Crippen LogP contribution < -0.4 is 0 Å². The summed E-state index contributed by atoms with van der Waals surface area (Å²) in [5.74, 6) is 0.135. The summed E-state index contributed by atoms with van der Waals surface area (Å²) in [5, 5.41) is 0. The van der Waals surface area contributed by atoms with Gasteiger partial charge in [0, 0.05) is 33.2 Å². The standard InChI is InChI=1S/C21H19Br2NO/c1-2-24-13-17(11-15-7-3-5-9-19(15)22)21(25)18(14-24)12-16-8-4-6-10-20(16)23/h3-12H,2,13-14H2,1H3/b17-11-,18-12+. The van der Waals surface area contributed by atoms with Crippen LogP contribution in [-0.4, -0.2) is 30.3 Å². The van der Waals surface area contributed by atoms with Crippen LogP contribution >= 0.6 is 31.9 Å². The van der Waals surface area contributed by atoms with Crippen molar-refractivity contribution >= 4 is 49.8 Å². The van der Waals surface area contributed by atoms with Crippen LogP contribution in [0.2, 0.25) is 0 Å². The first-order chi connectivity index (χ1) is 12.1. The molecule has 0 aliphatic carbocycles. The second kappa shape index (κ2) is 8.26.